The van der Waals surface area contributed by atoms with Gasteiger partial charge in [0.1, 0.15) is 0 Å². The fourth-order valence-electron chi connectivity index (χ4n) is 4.76. The van der Waals surface area contributed by atoms with Gasteiger partial charge in [0, 0.05) is 13.7 Å². The molecular weight excluding hydrogens is 240 g/mol. The largest absolute Gasteiger partial charge is 0.387 e. The molecule has 1 N–H and O–H groups in total. The topological polar surface area (TPSA) is 38.7 Å². The van der Waals surface area contributed by atoms with Crippen molar-refractivity contribution in [3.63, 3.8) is 0 Å². The second kappa shape index (κ2) is 5.34. The van der Waals surface area contributed by atoms with Gasteiger partial charge in [-0.25, -0.2) is 0 Å². The zero-order chi connectivity index (χ0) is 13.3. The Morgan fingerprint density at radius 1 is 1.05 bits per heavy atom. The molecule has 3 rings (SSSR count). The molecule has 3 fully saturated rings. The van der Waals surface area contributed by atoms with Crippen LogP contribution in [0.3, 0.4) is 0 Å². The maximum Gasteiger partial charge on any atom is 0.0937 e. The molecule has 0 aromatic rings. The molecule has 0 aromatic carbocycles. The second-order valence-electron chi connectivity index (χ2n) is 6.89. The van der Waals surface area contributed by atoms with E-state index in [1.54, 1.807) is 7.11 Å². The molecule has 0 bridgehead atoms. The second-order valence-corrected chi connectivity index (χ2v) is 6.89. The Labute approximate surface area is 116 Å². The molecule has 0 amide bonds. The number of hydrogen-bond donors (Lipinski definition) is 1. The molecule has 1 heterocycles. The summed E-state index contributed by atoms with van der Waals surface area (Å²) < 4.78 is 11.7. The molecule has 2 saturated carbocycles. The normalized spacial score (nSPS) is 42.6. The third-order valence-corrected chi connectivity index (χ3v) is 5.85. The molecule has 3 aliphatic rings. The lowest BCUT2D eigenvalue weighted by molar-refractivity contribution is -0.192. The lowest BCUT2D eigenvalue weighted by atomic mass is 9.67. The lowest BCUT2D eigenvalue weighted by Crippen LogP contribution is -2.55. The highest BCUT2D eigenvalue weighted by molar-refractivity contribution is 5.02. The van der Waals surface area contributed by atoms with E-state index in [1.165, 1.54) is 32.1 Å². The van der Waals surface area contributed by atoms with E-state index in [-0.39, 0.29) is 11.7 Å². The lowest BCUT2D eigenvalue weighted by Gasteiger charge is -2.49. The molecule has 1 spiro atoms. The summed E-state index contributed by atoms with van der Waals surface area (Å²) in [6.45, 7) is 0.823. The molecule has 19 heavy (non-hydrogen) atoms. The van der Waals surface area contributed by atoms with Crippen molar-refractivity contribution in [1.29, 1.82) is 0 Å². The highest BCUT2D eigenvalue weighted by atomic mass is 16.5. The Morgan fingerprint density at radius 3 is 2.53 bits per heavy atom. The third kappa shape index (κ3) is 2.45. The maximum atomic E-state index is 11.2. The average Bonchev–Trinajstić information content (AvgIpc) is 2.87. The van der Waals surface area contributed by atoms with Crippen molar-refractivity contribution in [1.82, 2.24) is 0 Å². The molecule has 1 aliphatic heterocycles. The van der Waals surface area contributed by atoms with Crippen molar-refractivity contribution >= 4 is 0 Å². The first-order valence-corrected chi connectivity index (χ1v) is 8.08. The fraction of sp³-hybridized carbons (Fsp3) is 1.00. The summed E-state index contributed by atoms with van der Waals surface area (Å²) in [5.74, 6) is 0.365. The molecule has 0 radical (unpaired) electrons. The van der Waals surface area contributed by atoms with Gasteiger partial charge in [0.25, 0.3) is 0 Å². The third-order valence-electron chi connectivity index (χ3n) is 5.85. The van der Waals surface area contributed by atoms with Gasteiger partial charge in [-0.1, -0.05) is 25.7 Å². The smallest absolute Gasteiger partial charge is 0.0937 e. The molecule has 3 heteroatoms. The maximum absolute atomic E-state index is 11.2. The van der Waals surface area contributed by atoms with Crippen LogP contribution in [-0.4, -0.2) is 36.1 Å². The van der Waals surface area contributed by atoms with Gasteiger partial charge < -0.3 is 14.6 Å². The van der Waals surface area contributed by atoms with Crippen LogP contribution < -0.4 is 0 Å². The van der Waals surface area contributed by atoms with Crippen molar-refractivity contribution in [2.24, 2.45) is 5.92 Å². The summed E-state index contributed by atoms with van der Waals surface area (Å²) >= 11 is 0. The van der Waals surface area contributed by atoms with Crippen molar-refractivity contribution in [2.75, 3.05) is 13.7 Å². The minimum absolute atomic E-state index is 0.0304. The minimum Gasteiger partial charge on any atom is -0.387 e. The van der Waals surface area contributed by atoms with E-state index in [1.807, 2.05) is 0 Å². The van der Waals surface area contributed by atoms with Crippen molar-refractivity contribution < 1.29 is 14.6 Å². The van der Waals surface area contributed by atoms with Gasteiger partial charge in [0.05, 0.1) is 17.3 Å². The minimum atomic E-state index is -0.605. The Balaban J connectivity index is 1.76. The van der Waals surface area contributed by atoms with E-state index in [9.17, 15) is 5.11 Å². The van der Waals surface area contributed by atoms with E-state index in [4.69, 9.17) is 9.47 Å². The standard InChI is InChI=1S/C16H28O3/c1-18-14-6-2-3-10-16(14,17)13-7-11-19-15(12-13)8-4-5-9-15/h13-14,17H,2-12H2,1H3. The van der Waals surface area contributed by atoms with Gasteiger partial charge in [0.15, 0.2) is 0 Å². The molecule has 110 valence electrons. The Hall–Kier alpha value is -0.120. The summed E-state index contributed by atoms with van der Waals surface area (Å²) in [5.41, 5.74) is -0.513. The molecule has 3 unspecified atom stereocenters. The predicted molar refractivity (Wildman–Crippen MR) is 74.1 cm³/mol. The summed E-state index contributed by atoms with van der Waals surface area (Å²) in [6, 6.07) is 0. The highest BCUT2D eigenvalue weighted by Gasteiger charge is 2.51. The van der Waals surface area contributed by atoms with Crippen LogP contribution in [0.4, 0.5) is 0 Å². The Bertz CT molecular complexity index is 311. The molecular formula is C16H28O3. The monoisotopic (exact) mass is 268 g/mol. The number of methoxy groups -OCH3 is 1. The fourth-order valence-corrected chi connectivity index (χ4v) is 4.76. The zero-order valence-corrected chi connectivity index (χ0v) is 12.2. The van der Waals surface area contributed by atoms with Gasteiger partial charge in [-0.2, -0.15) is 0 Å². The quantitative estimate of drug-likeness (QED) is 0.836. The average molecular weight is 268 g/mol. The van der Waals surface area contributed by atoms with Gasteiger partial charge >= 0.3 is 0 Å². The number of hydrogen-bond acceptors (Lipinski definition) is 3. The van der Waals surface area contributed by atoms with Crippen LogP contribution in [0, 0.1) is 5.92 Å². The number of aliphatic hydroxyl groups is 1. The summed E-state index contributed by atoms with van der Waals surface area (Å²) in [7, 11) is 1.76. The number of rotatable bonds is 2. The first-order valence-electron chi connectivity index (χ1n) is 8.08. The van der Waals surface area contributed by atoms with Crippen LogP contribution in [0.15, 0.2) is 0 Å². The summed E-state index contributed by atoms with van der Waals surface area (Å²) in [5, 5.41) is 11.2. The molecule has 2 aliphatic carbocycles. The highest BCUT2D eigenvalue weighted by Crippen LogP contribution is 2.48. The summed E-state index contributed by atoms with van der Waals surface area (Å²) in [4.78, 5) is 0. The van der Waals surface area contributed by atoms with Gasteiger partial charge in [0.2, 0.25) is 0 Å². The van der Waals surface area contributed by atoms with E-state index in [0.717, 1.165) is 38.7 Å². The van der Waals surface area contributed by atoms with Crippen molar-refractivity contribution in [3.8, 4) is 0 Å². The van der Waals surface area contributed by atoms with Crippen LogP contribution in [-0.2, 0) is 9.47 Å². The van der Waals surface area contributed by atoms with Crippen LogP contribution in [0.1, 0.15) is 64.2 Å². The molecule has 0 aromatic heterocycles. The van der Waals surface area contributed by atoms with Crippen LogP contribution in [0.2, 0.25) is 0 Å². The SMILES string of the molecule is COC1CCCCC1(O)C1CCOC2(CCCC2)C1. The Morgan fingerprint density at radius 2 is 1.79 bits per heavy atom. The summed E-state index contributed by atoms with van der Waals surface area (Å²) in [6.07, 6.45) is 11.3. The molecule has 3 atom stereocenters. The van der Waals surface area contributed by atoms with E-state index < -0.39 is 5.60 Å². The molecule has 1 saturated heterocycles. The van der Waals surface area contributed by atoms with Crippen LogP contribution in [0.5, 0.6) is 0 Å². The van der Waals surface area contributed by atoms with Crippen molar-refractivity contribution in [3.05, 3.63) is 0 Å². The number of ether oxygens (including phenoxy) is 2. The first-order chi connectivity index (χ1) is 9.19. The molecule has 3 nitrogen and oxygen atoms in total. The van der Waals surface area contributed by atoms with Crippen molar-refractivity contribution in [2.45, 2.75) is 81.5 Å². The van der Waals surface area contributed by atoms with E-state index in [0.29, 0.717) is 5.92 Å². The van der Waals surface area contributed by atoms with Crippen LogP contribution in [0.25, 0.3) is 0 Å². The predicted octanol–water partition coefficient (Wildman–Crippen LogP) is 3.05. The zero-order valence-electron chi connectivity index (χ0n) is 12.2. The van der Waals surface area contributed by atoms with Gasteiger partial charge in [-0.3, -0.25) is 0 Å². The Kier molecular flexibility index (Phi) is 3.89. The first kappa shape index (κ1) is 13.8. The van der Waals surface area contributed by atoms with E-state index >= 15 is 0 Å². The van der Waals surface area contributed by atoms with Crippen LogP contribution >= 0.6 is 0 Å². The van der Waals surface area contributed by atoms with Gasteiger partial charge in [-0.15, -0.1) is 0 Å². The van der Waals surface area contributed by atoms with E-state index in [2.05, 4.69) is 0 Å². The van der Waals surface area contributed by atoms with Gasteiger partial charge in [-0.05, 0) is 44.4 Å².